The molecule has 0 aromatic heterocycles. The van der Waals surface area contributed by atoms with Gasteiger partial charge in [-0.15, -0.1) is 0 Å². The molecule has 0 bridgehead atoms. The summed E-state index contributed by atoms with van der Waals surface area (Å²) in [4.78, 5) is 2.40. The van der Waals surface area contributed by atoms with Gasteiger partial charge in [0.2, 0.25) is 0 Å². The quantitative estimate of drug-likeness (QED) is 0.584. The summed E-state index contributed by atoms with van der Waals surface area (Å²) in [5, 5.41) is 13.6. The largest absolute Gasteiger partial charge is 0.505 e. The van der Waals surface area contributed by atoms with Crippen LogP contribution in [0.5, 0.6) is 5.75 Å². The summed E-state index contributed by atoms with van der Waals surface area (Å²) in [6.45, 7) is 3.83. The number of phenolic OH excluding ortho intramolecular Hbond substituents is 1. The molecule has 4 N–H and O–H groups in total. The number of halogens is 1. The van der Waals surface area contributed by atoms with Gasteiger partial charge in [-0.1, -0.05) is 12.5 Å². The van der Waals surface area contributed by atoms with E-state index in [4.69, 9.17) is 5.73 Å². The predicted octanol–water partition coefficient (Wildman–Crippen LogP) is 1.86. The number of aromatic hydroxyl groups is 1. The van der Waals surface area contributed by atoms with Gasteiger partial charge in [-0.05, 0) is 24.8 Å². The van der Waals surface area contributed by atoms with Gasteiger partial charge in [0, 0.05) is 37.8 Å². The van der Waals surface area contributed by atoms with Crippen LogP contribution in [-0.2, 0) is 0 Å². The Kier molecular flexibility index (Phi) is 3.81. The topological polar surface area (TPSA) is 61.5 Å². The van der Waals surface area contributed by atoms with Crippen LogP contribution in [0, 0.1) is 11.7 Å². The third kappa shape index (κ3) is 2.36. The lowest BCUT2D eigenvalue weighted by molar-refractivity contribution is 0.0819. The van der Waals surface area contributed by atoms with Gasteiger partial charge in [0.25, 0.3) is 0 Å². The van der Waals surface area contributed by atoms with Crippen LogP contribution >= 0.6 is 0 Å². The van der Waals surface area contributed by atoms with Gasteiger partial charge in [0.15, 0.2) is 0 Å². The molecular weight excluding hydrogens is 257 g/mol. The molecule has 1 saturated carbocycles. The maximum atomic E-state index is 13.5. The standard InChI is InChI=1S/C15H22FN3O/c16-12-5-4-11(15(20)13(12)17)14(10-2-1-3-10)19-8-6-18-7-9-19/h4-5,10,14,18,20H,1-3,6-9,17H2/t14-/m1/s1. The van der Waals surface area contributed by atoms with Crippen LogP contribution in [0.1, 0.15) is 30.9 Å². The van der Waals surface area contributed by atoms with E-state index in [0.29, 0.717) is 5.92 Å². The second-order valence-electron chi connectivity index (χ2n) is 5.82. The lowest BCUT2D eigenvalue weighted by atomic mass is 9.76. The summed E-state index contributed by atoms with van der Waals surface area (Å²) in [5.74, 6) is -0.0665. The van der Waals surface area contributed by atoms with Crippen molar-refractivity contribution in [2.24, 2.45) is 5.92 Å². The van der Waals surface area contributed by atoms with Crippen LogP contribution in [0.3, 0.4) is 0 Å². The Morgan fingerprint density at radius 1 is 1.30 bits per heavy atom. The molecule has 0 unspecified atom stereocenters. The van der Waals surface area contributed by atoms with E-state index < -0.39 is 5.82 Å². The number of phenols is 1. The van der Waals surface area contributed by atoms with Crippen molar-refractivity contribution in [1.29, 1.82) is 0 Å². The third-order valence-electron chi connectivity index (χ3n) is 4.66. The first-order valence-corrected chi connectivity index (χ1v) is 7.40. The number of hydrogen-bond donors (Lipinski definition) is 3. The van der Waals surface area contributed by atoms with Crippen molar-refractivity contribution in [3.05, 3.63) is 23.5 Å². The molecule has 2 fully saturated rings. The molecule has 4 nitrogen and oxygen atoms in total. The fourth-order valence-electron chi connectivity index (χ4n) is 3.30. The zero-order valence-corrected chi connectivity index (χ0v) is 11.6. The maximum absolute atomic E-state index is 13.5. The molecule has 0 spiro atoms. The van der Waals surface area contributed by atoms with Gasteiger partial charge in [0.1, 0.15) is 17.3 Å². The maximum Gasteiger partial charge on any atom is 0.149 e. The van der Waals surface area contributed by atoms with Crippen LogP contribution in [-0.4, -0.2) is 36.2 Å². The van der Waals surface area contributed by atoms with E-state index in [1.165, 1.54) is 25.3 Å². The first-order chi connectivity index (χ1) is 9.68. The molecule has 1 aromatic rings. The average Bonchev–Trinajstić information content (AvgIpc) is 2.42. The minimum atomic E-state index is -0.543. The Bertz CT molecular complexity index is 484. The first-order valence-electron chi connectivity index (χ1n) is 7.40. The number of piperazine rings is 1. The fourth-order valence-corrected chi connectivity index (χ4v) is 3.30. The highest BCUT2D eigenvalue weighted by atomic mass is 19.1. The second-order valence-corrected chi connectivity index (χ2v) is 5.82. The Labute approximate surface area is 118 Å². The van der Waals surface area contributed by atoms with Gasteiger partial charge in [-0.25, -0.2) is 4.39 Å². The van der Waals surface area contributed by atoms with Crippen molar-refractivity contribution in [1.82, 2.24) is 10.2 Å². The number of nitrogens with one attached hydrogen (secondary N) is 1. The highest BCUT2D eigenvalue weighted by Crippen LogP contribution is 2.45. The van der Waals surface area contributed by atoms with Gasteiger partial charge in [-0.2, -0.15) is 0 Å². The highest BCUT2D eigenvalue weighted by molar-refractivity contribution is 5.58. The summed E-state index contributed by atoms with van der Waals surface area (Å²) >= 11 is 0. The number of rotatable bonds is 3. The molecule has 0 amide bonds. The smallest absolute Gasteiger partial charge is 0.149 e. The molecule has 110 valence electrons. The van der Waals surface area contributed by atoms with E-state index >= 15 is 0 Å². The van der Waals surface area contributed by atoms with Crippen molar-refractivity contribution in [2.45, 2.75) is 25.3 Å². The molecule has 1 saturated heterocycles. The molecular formula is C15H22FN3O. The van der Waals surface area contributed by atoms with Crippen LogP contribution in [0.4, 0.5) is 10.1 Å². The highest BCUT2D eigenvalue weighted by Gasteiger charge is 2.35. The van der Waals surface area contributed by atoms with Crippen molar-refractivity contribution >= 4 is 5.69 Å². The molecule has 2 aliphatic rings. The molecule has 5 heteroatoms. The number of nitrogen functional groups attached to an aromatic ring is 1. The summed E-state index contributed by atoms with van der Waals surface area (Å²) < 4.78 is 13.5. The number of benzene rings is 1. The number of hydrogen-bond acceptors (Lipinski definition) is 4. The Balaban J connectivity index is 1.94. The minimum Gasteiger partial charge on any atom is -0.505 e. The zero-order valence-electron chi connectivity index (χ0n) is 11.6. The van der Waals surface area contributed by atoms with E-state index in [1.807, 2.05) is 0 Å². The van der Waals surface area contributed by atoms with Crippen LogP contribution in [0.15, 0.2) is 12.1 Å². The molecule has 0 radical (unpaired) electrons. The van der Waals surface area contributed by atoms with Crippen LogP contribution in [0.2, 0.25) is 0 Å². The van der Waals surface area contributed by atoms with Crippen LogP contribution in [0.25, 0.3) is 0 Å². The van der Waals surface area contributed by atoms with Gasteiger partial charge in [0.05, 0.1) is 0 Å². The predicted molar refractivity (Wildman–Crippen MR) is 77.0 cm³/mol. The molecule has 1 aliphatic heterocycles. The summed E-state index contributed by atoms with van der Waals surface area (Å²) in [7, 11) is 0. The van der Waals surface area contributed by atoms with Crippen LogP contribution < -0.4 is 11.1 Å². The lowest BCUT2D eigenvalue weighted by Crippen LogP contribution is -2.47. The summed E-state index contributed by atoms with van der Waals surface area (Å²) in [6, 6.07) is 3.23. The Morgan fingerprint density at radius 3 is 2.60 bits per heavy atom. The molecule has 1 aromatic carbocycles. The molecule has 1 atom stereocenters. The van der Waals surface area contributed by atoms with Crippen molar-refractivity contribution in [2.75, 3.05) is 31.9 Å². The normalized spacial score (nSPS) is 22.4. The van der Waals surface area contributed by atoms with E-state index in [-0.39, 0.29) is 17.5 Å². The second kappa shape index (κ2) is 5.58. The Morgan fingerprint density at radius 2 is 2.00 bits per heavy atom. The van der Waals surface area contributed by atoms with Gasteiger partial charge in [-0.3, -0.25) is 4.90 Å². The zero-order chi connectivity index (χ0) is 14.1. The number of nitrogens with two attached hydrogens (primary N) is 1. The van der Waals surface area contributed by atoms with E-state index in [2.05, 4.69) is 10.2 Å². The summed E-state index contributed by atoms with van der Waals surface area (Å²) in [5.41, 5.74) is 6.32. The summed E-state index contributed by atoms with van der Waals surface area (Å²) in [6.07, 6.45) is 3.58. The first kappa shape index (κ1) is 13.6. The Hall–Kier alpha value is -1.33. The van der Waals surface area contributed by atoms with E-state index in [9.17, 15) is 9.50 Å². The number of anilines is 1. The van der Waals surface area contributed by atoms with Crippen molar-refractivity contribution < 1.29 is 9.50 Å². The molecule has 20 heavy (non-hydrogen) atoms. The van der Waals surface area contributed by atoms with E-state index in [1.54, 1.807) is 6.07 Å². The number of nitrogens with zero attached hydrogens (tertiary/aromatic N) is 1. The minimum absolute atomic E-state index is 0.0690. The monoisotopic (exact) mass is 279 g/mol. The average molecular weight is 279 g/mol. The third-order valence-corrected chi connectivity index (χ3v) is 4.66. The molecule has 1 heterocycles. The molecule has 3 rings (SSSR count). The van der Waals surface area contributed by atoms with Gasteiger partial charge < -0.3 is 16.2 Å². The fraction of sp³-hybridized carbons (Fsp3) is 0.600. The molecule has 1 aliphatic carbocycles. The van der Waals surface area contributed by atoms with Crippen molar-refractivity contribution in [3.8, 4) is 5.75 Å². The SMILES string of the molecule is Nc1c(F)ccc([C@@H](C2CCC2)N2CCNCC2)c1O. The lowest BCUT2D eigenvalue weighted by Gasteiger charge is -2.43. The van der Waals surface area contributed by atoms with Gasteiger partial charge >= 0.3 is 0 Å². The van der Waals surface area contributed by atoms with E-state index in [0.717, 1.165) is 31.7 Å². The van der Waals surface area contributed by atoms with Crippen molar-refractivity contribution in [3.63, 3.8) is 0 Å².